The molecule has 0 spiro atoms. The molecule has 0 aliphatic carbocycles. The van der Waals surface area contributed by atoms with E-state index in [1.54, 1.807) is 0 Å². The predicted molar refractivity (Wildman–Crippen MR) is 34.8 cm³/mol. The van der Waals surface area contributed by atoms with Gasteiger partial charge in [0, 0.05) is 39.1 Å². The number of halogens is 2. The molecular formula is C6H16F2HfO2-2. The fraction of sp³-hybridized carbons (Fsp3) is 1.00. The molecule has 0 bridgehead atoms. The van der Waals surface area contributed by atoms with Gasteiger partial charge in [-0.15, -0.1) is 0 Å². The number of hydrogen-bond donors (Lipinski definition) is 2. The third kappa shape index (κ3) is 113. The Labute approximate surface area is 85.5 Å². The summed E-state index contributed by atoms with van der Waals surface area (Å²) in [6.45, 7) is 4.50. The van der Waals surface area contributed by atoms with Gasteiger partial charge in [-0.25, -0.2) is 0 Å². The number of rotatable bonds is 2. The van der Waals surface area contributed by atoms with Gasteiger partial charge in [0.15, 0.2) is 0 Å². The van der Waals surface area contributed by atoms with Crippen LogP contribution >= 0.6 is 0 Å². The van der Waals surface area contributed by atoms with E-state index in [0.717, 1.165) is 12.8 Å². The van der Waals surface area contributed by atoms with Gasteiger partial charge in [-0.3, -0.25) is 0 Å². The maximum absolute atomic E-state index is 7.88. The maximum atomic E-state index is 7.88. The monoisotopic (exact) mass is 338 g/mol. The molecule has 0 saturated carbocycles. The Morgan fingerprint density at radius 2 is 0.909 bits per heavy atom. The van der Waals surface area contributed by atoms with Gasteiger partial charge in [-0.1, -0.05) is 13.8 Å². The van der Waals surface area contributed by atoms with Gasteiger partial charge in [-0.2, -0.15) is 0 Å². The summed E-state index contributed by atoms with van der Waals surface area (Å²) in [5.74, 6) is 0. The molecule has 11 heavy (non-hydrogen) atoms. The predicted octanol–water partition coefficient (Wildman–Crippen LogP) is -5.22. The largest absolute Gasteiger partial charge is 1.00 e. The van der Waals surface area contributed by atoms with Crippen molar-refractivity contribution in [3.05, 3.63) is 0 Å². The Balaban J connectivity index is -0.0000000171. The molecule has 0 radical (unpaired) electrons. The minimum Gasteiger partial charge on any atom is -1.00 e. The Bertz CT molecular complexity index is 26.5. The molecule has 2 N–H and O–H groups in total. The Hall–Kier alpha value is 0.650. The minimum absolute atomic E-state index is 0. The molecular weight excluding hydrogens is 321 g/mol. The summed E-state index contributed by atoms with van der Waals surface area (Å²) in [5.41, 5.74) is 0. The molecule has 0 aromatic carbocycles. The van der Waals surface area contributed by atoms with E-state index >= 15 is 0 Å². The Morgan fingerprint density at radius 1 is 0.818 bits per heavy atom. The molecule has 0 unspecified atom stereocenters. The summed E-state index contributed by atoms with van der Waals surface area (Å²) in [6, 6.07) is 0. The minimum atomic E-state index is 0. The van der Waals surface area contributed by atoms with Crippen LogP contribution in [0.5, 0.6) is 0 Å². The van der Waals surface area contributed by atoms with Crippen molar-refractivity contribution < 1.29 is 45.5 Å². The molecule has 72 valence electrons. The summed E-state index contributed by atoms with van der Waals surface area (Å²) < 4.78 is 0. The van der Waals surface area contributed by atoms with Crippen LogP contribution in [0.2, 0.25) is 0 Å². The summed E-state index contributed by atoms with van der Waals surface area (Å²) in [6.07, 6.45) is 1.75. The maximum Gasteiger partial charge on any atom is 0.0428 e. The summed E-state index contributed by atoms with van der Waals surface area (Å²) in [7, 11) is 0. The zero-order valence-corrected chi connectivity index (χ0v) is 10.6. The van der Waals surface area contributed by atoms with Crippen LogP contribution in [0.25, 0.3) is 0 Å². The molecule has 0 rings (SSSR count). The van der Waals surface area contributed by atoms with Gasteiger partial charge in [0.2, 0.25) is 0 Å². The number of aliphatic hydroxyl groups is 2. The second kappa shape index (κ2) is 45.9. The van der Waals surface area contributed by atoms with Gasteiger partial charge < -0.3 is 19.6 Å². The quantitative estimate of drug-likeness (QED) is 0.495. The van der Waals surface area contributed by atoms with Crippen LogP contribution in [0.4, 0.5) is 0 Å². The van der Waals surface area contributed by atoms with E-state index in [9.17, 15) is 0 Å². The van der Waals surface area contributed by atoms with Crippen molar-refractivity contribution in [3.8, 4) is 0 Å². The number of aliphatic hydroxyl groups excluding tert-OH is 2. The van der Waals surface area contributed by atoms with Crippen molar-refractivity contribution in [1.29, 1.82) is 0 Å². The molecule has 0 heterocycles. The second-order valence-electron chi connectivity index (χ2n) is 1.45. The van der Waals surface area contributed by atoms with Crippen LogP contribution in [0.3, 0.4) is 0 Å². The molecule has 0 aliphatic rings. The first-order valence-corrected chi connectivity index (χ1v) is 3.05. The normalized spacial score (nSPS) is 5.45. The fourth-order valence-corrected chi connectivity index (χ4v) is 0. The van der Waals surface area contributed by atoms with Gasteiger partial charge in [0.05, 0.1) is 0 Å². The van der Waals surface area contributed by atoms with Gasteiger partial charge >= 0.3 is 0 Å². The first-order valence-electron chi connectivity index (χ1n) is 3.05. The molecule has 0 saturated heterocycles. The zero-order valence-electron chi connectivity index (χ0n) is 6.98. The summed E-state index contributed by atoms with van der Waals surface area (Å²) in [5, 5.41) is 15.8. The third-order valence-electron chi connectivity index (χ3n) is 0.447. The van der Waals surface area contributed by atoms with Crippen molar-refractivity contribution in [2.24, 2.45) is 0 Å². The second-order valence-corrected chi connectivity index (χ2v) is 1.45. The summed E-state index contributed by atoms with van der Waals surface area (Å²) in [4.78, 5) is 0. The topological polar surface area (TPSA) is 40.5 Å². The van der Waals surface area contributed by atoms with Crippen LogP contribution in [-0.4, -0.2) is 23.4 Å². The van der Waals surface area contributed by atoms with Crippen molar-refractivity contribution in [2.75, 3.05) is 13.2 Å². The average Bonchev–Trinajstić information content (AvgIpc) is 1.88. The molecule has 2 nitrogen and oxygen atoms in total. The SMILES string of the molecule is CCCO.CCCO.[F-].[F-].[Hf]. The first-order chi connectivity index (χ1) is 3.83. The van der Waals surface area contributed by atoms with E-state index in [1.165, 1.54) is 0 Å². The van der Waals surface area contributed by atoms with E-state index in [0.29, 0.717) is 13.2 Å². The smallest absolute Gasteiger partial charge is 0.0428 e. The van der Waals surface area contributed by atoms with Crippen LogP contribution in [0.1, 0.15) is 26.7 Å². The Morgan fingerprint density at radius 3 is 0.909 bits per heavy atom. The average molecular weight is 337 g/mol. The standard InChI is InChI=1S/2C3H8O.2FH.Hf/c2*1-2-3-4;;;/h2*4H,2-3H2,1H3;2*1H;/p-2. The van der Waals surface area contributed by atoms with Gasteiger partial charge in [0.1, 0.15) is 0 Å². The van der Waals surface area contributed by atoms with Crippen LogP contribution < -0.4 is 9.41 Å². The molecule has 0 aliphatic heterocycles. The van der Waals surface area contributed by atoms with E-state index in [4.69, 9.17) is 10.2 Å². The van der Waals surface area contributed by atoms with Crippen LogP contribution in [0, 0.1) is 0 Å². The van der Waals surface area contributed by atoms with Crippen LogP contribution in [0.15, 0.2) is 0 Å². The third-order valence-corrected chi connectivity index (χ3v) is 0.447. The van der Waals surface area contributed by atoms with Crippen molar-refractivity contribution >= 4 is 0 Å². The van der Waals surface area contributed by atoms with Crippen LogP contribution in [-0.2, 0) is 25.8 Å². The molecule has 0 aromatic rings. The molecule has 0 amide bonds. The van der Waals surface area contributed by atoms with Crippen molar-refractivity contribution in [3.63, 3.8) is 0 Å². The summed E-state index contributed by atoms with van der Waals surface area (Å²) >= 11 is 0. The molecule has 0 fully saturated rings. The van der Waals surface area contributed by atoms with Crippen molar-refractivity contribution in [2.45, 2.75) is 26.7 Å². The molecule has 0 aromatic heterocycles. The number of hydrogen-bond acceptors (Lipinski definition) is 2. The van der Waals surface area contributed by atoms with Gasteiger partial charge in [-0.05, 0) is 12.8 Å². The van der Waals surface area contributed by atoms with E-state index in [1.807, 2.05) is 13.8 Å². The first kappa shape index (κ1) is 29.9. The van der Waals surface area contributed by atoms with Crippen molar-refractivity contribution in [1.82, 2.24) is 0 Å². The zero-order chi connectivity index (χ0) is 6.83. The van der Waals surface area contributed by atoms with E-state index in [-0.39, 0.29) is 35.3 Å². The molecule has 0 atom stereocenters. The molecule has 5 heteroatoms. The Kier molecular flexibility index (Phi) is 125. The van der Waals surface area contributed by atoms with E-state index in [2.05, 4.69) is 0 Å². The fourth-order valence-electron chi connectivity index (χ4n) is 0. The van der Waals surface area contributed by atoms with E-state index < -0.39 is 0 Å². The van der Waals surface area contributed by atoms with Gasteiger partial charge in [0.25, 0.3) is 0 Å².